The van der Waals surface area contributed by atoms with Gasteiger partial charge in [-0.15, -0.1) is 0 Å². The number of anilines is 1. The molecule has 1 heterocycles. The number of pyridine rings is 1. The Morgan fingerprint density at radius 1 is 1.21 bits per heavy atom. The zero-order valence-electron chi connectivity index (χ0n) is 6.65. The highest BCUT2D eigenvalue weighted by molar-refractivity contribution is 5.53. The van der Waals surface area contributed by atoms with E-state index in [-0.39, 0.29) is 0 Å². The second-order valence-corrected chi connectivity index (χ2v) is 2.49. The molecule has 2 N–H and O–H groups in total. The highest BCUT2D eigenvalue weighted by atomic mass is 19.4. The third kappa shape index (κ3) is 1.91. The first-order chi connectivity index (χ1) is 6.34. The second-order valence-electron chi connectivity index (χ2n) is 2.49. The molecule has 0 saturated carbocycles. The van der Waals surface area contributed by atoms with Crippen LogP contribution in [-0.2, 0) is 6.18 Å². The van der Waals surface area contributed by atoms with E-state index in [0.717, 1.165) is 0 Å². The minimum Gasteiger partial charge on any atom is -0.398 e. The first kappa shape index (κ1) is 10.7. The fraction of sp³-hybridized carbons (Fsp3) is 0.286. The molecule has 0 aliphatic heterocycles. The zero-order chi connectivity index (χ0) is 10.9. The number of nitrogen functional groups attached to an aromatic ring is 1. The molecule has 0 amide bonds. The summed E-state index contributed by atoms with van der Waals surface area (Å²) in [4.78, 5) is 3.05. The van der Waals surface area contributed by atoms with E-state index < -0.39 is 29.4 Å². The van der Waals surface area contributed by atoms with Crippen LogP contribution in [0.1, 0.15) is 17.6 Å². The van der Waals surface area contributed by atoms with E-state index in [1.165, 1.54) is 0 Å². The molecule has 0 aliphatic carbocycles. The largest absolute Gasteiger partial charge is 0.419 e. The van der Waals surface area contributed by atoms with Crippen molar-refractivity contribution in [2.24, 2.45) is 0 Å². The van der Waals surface area contributed by atoms with Crippen molar-refractivity contribution in [1.82, 2.24) is 4.98 Å². The number of halogens is 5. The Hall–Kier alpha value is -1.40. The van der Waals surface area contributed by atoms with Crippen LogP contribution in [0.4, 0.5) is 27.6 Å². The fourth-order valence-electron chi connectivity index (χ4n) is 0.886. The lowest BCUT2D eigenvalue weighted by molar-refractivity contribution is -0.137. The van der Waals surface area contributed by atoms with Gasteiger partial charge in [0, 0.05) is 12.4 Å². The first-order valence-electron chi connectivity index (χ1n) is 3.42. The molecule has 7 heteroatoms. The van der Waals surface area contributed by atoms with Crippen molar-refractivity contribution in [3.63, 3.8) is 0 Å². The van der Waals surface area contributed by atoms with Crippen molar-refractivity contribution >= 4 is 5.69 Å². The number of rotatable bonds is 1. The molecule has 0 aliphatic rings. The standard InChI is InChI=1S/C7H5F5N2/c8-6(9)3-1-14-2-4(5(3)13)7(10,11)12/h1-2,6H,(H2,13,14). The van der Waals surface area contributed by atoms with Crippen LogP contribution >= 0.6 is 0 Å². The highest BCUT2D eigenvalue weighted by Crippen LogP contribution is 2.36. The fourth-order valence-corrected chi connectivity index (χ4v) is 0.886. The van der Waals surface area contributed by atoms with Crippen LogP contribution in [0.15, 0.2) is 12.4 Å². The van der Waals surface area contributed by atoms with Crippen LogP contribution < -0.4 is 5.73 Å². The van der Waals surface area contributed by atoms with Gasteiger partial charge < -0.3 is 5.73 Å². The van der Waals surface area contributed by atoms with Crippen molar-refractivity contribution in [2.75, 3.05) is 5.73 Å². The normalized spacial score (nSPS) is 12.1. The minimum atomic E-state index is -4.76. The summed E-state index contributed by atoms with van der Waals surface area (Å²) in [5.74, 6) is 0. The SMILES string of the molecule is Nc1c(C(F)F)cncc1C(F)(F)F. The number of hydrogen-bond donors (Lipinski definition) is 1. The first-order valence-corrected chi connectivity index (χ1v) is 3.42. The Bertz CT molecular complexity index is 333. The number of alkyl halides is 5. The van der Waals surface area contributed by atoms with Crippen molar-refractivity contribution < 1.29 is 22.0 Å². The quantitative estimate of drug-likeness (QED) is 0.726. The van der Waals surface area contributed by atoms with Gasteiger partial charge in [-0.2, -0.15) is 13.2 Å². The van der Waals surface area contributed by atoms with E-state index in [4.69, 9.17) is 5.73 Å². The molecular weight excluding hydrogens is 207 g/mol. The van der Waals surface area contributed by atoms with Gasteiger partial charge in [-0.3, -0.25) is 4.98 Å². The average Bonchev–Trinajstić information content (AvgIpc) is 2.01. The van der Waals surface area contributed by atoms with Crippen molar-refractivity contribution in [2.45, 2.75) is 12.6 Å². The van der Waals surface area contributed by atoms with Crippen molar-refractivity contribution in [3.05, 3.63) is 23.5 Å². The van der Waals surface area contributed by atoms with E-state index in [1.807, 2.05) is 0 Å². The molecule has 78 valence electrons. The molecule has 1 aromatic rings. The van der Waals surface area contributed by atoms with Gasteiger partial charge in [0.25, 0.3) is 6.43 Å². The molecule has 0 unspecified atom stereocenters. The lowest BCUT2D eigenvalue weighted by atomic mass is 10.1. The molecule has 14 heavy (non-hydrogen) atoms. The van der Waals surface area contributed by atoms with Gasteiger partial charge in [0.15, 0.2) is 0 Å². The molecule has 1 rings (SSSR count). The Morgan fingerprint density at radius 2 is 1.79 bits per heavy atom. The third-order valence-electron chi connectivity index (χ3n) is 1.56. The molecule has 0 saturated heterocycles. The molecule has 2 nitrogen and oxygen atoms in total. The Kier molecular flexibility index (Phi) is 2.59. The summed E-state index contributed by atoms with van der Waals surface area (Å²) in [6.07, 6.45) is -6.79. The average molecular weight is 212 g/mol. The number of hydrogen-bond acceptors (Lipinski definition) is 2. The molecular formula is C7H5F5N2. The van der Waals surface area contributed by atoms with Gasteiger partial charge in [0.05, 0.1) is 16.8 Å². The summed E-state index contributed by atoms with van der Waals surface area (Å²) in [6, 6.07) is 0. The monoisotopic (exact) mass is 212 g/mol. The summed E-state index contributed by atoms with van der Waals surface area (Å²) in [5.41, 5.74) is 1.72. The topological polar surface area (TPSA) is 38.9 Å². The predicted octanol–water partition coefficient (Wildman–Crippen LogP) is 2.62. The summed E-state index contributed by atoms with van der Waals surface area (Å²) in [7, 11) is 0. The molecule has 0 radical (unpaired) electrons. The summed E-state index contributed by atoms with van der Waals surface area (Å²) >= 11 is 0. The van der Waals surface area contributed by atoms with Crippen molar-refractivity contribution in [3.8, 4) is 0 Å². The van der Waals surface area contributed by atoms with Crippen LogP contribution in [0.25, 0.3) is 0 Å². The molecule has 1 aromatic heterocycles. The number of nitrogens with zero attached hydrogens (tertiary/aromatic N) is 1. The van der Waals surface area contributed by atoms with Gasteiger partial charge in [0.1, 0.15) is 0 Å². The van der Waals surface area contributed by atoms with Crippen LogP contribution in [0, 0.1) is 0 Å². The van der Waals surface area contributed by atoms with Crippen LogP contribution in [0.2, 0.25) is 0 Å². The van der Waals surface area contributed by atoms with Crippen LogP contribution in [0.5, 0.6) is 0 Å². The maximum Gasteiger partial charge on any atom is 0.419 e. The van der Waals surface area contributed by atoms with E-state index >= 15 is 0 Å². The molecule has 0 atom stereocenters. The zero-order valence-corrected chi connectivity index (χ0v) is 6.65. The molecule has 0 fully saturated rings. The Labute approximate surface area is 75.5 Å². The van der Waals surface area contributed by atoms with Gasteiger partial charge in [-0.25, -0.2) is 8.78 Å². The Morgan fingerprint density at radius 3 is 2.21 bits per heavy atom. The Balaban J connectivity index is 3.28. The summed E-state index contributed by atoms with van der Waals surface area (Å²) < 4.78 is 60.6. The lowest BCUT2D eigenvalue weighted by Gasteiger charge is -2.11. The smallest absolute Gasteiger partial charge is 0.398 e. The summed E-state index contributed by atoms with van der Waals surface area (Å²) in [5, 5.41) is 0. The van der Waals surface area contributed by atoms with Crippen LogP contribution in [-0.4, -0.2) is 4.98 Å². The predicted molar refractivity (Wildman–Crippen MR) is 38.6 cm³/mol. The number of nitrogens with two attached hydrogens (primary N) is 1. The van der Waals surface area contributed by atoms with E-state index in [1.54, 1.807) is 0 Å². The maximum atomic E-state index is 12.1. The molecule has 0 bridgehead atoms. The lowest BCUT2D eigenvalue weighted by Crippen LogP contribution is -2.11. The highest BCUT2D eigenvalue weighted by Gasteiger charge is 2.35. The minimum absolute atomic E-state index is 0.418. The van der Waals surface area contributed by atoms with E-state index in [0.29, 0.717) is 12.4 Å². The van der Waals surface area contributed by atoms with Gasteiger partial charge in [-0.1, -0.05) is 0 Å². The second kappa shape index (κ2) is 3.39. The van der Waals surface area contributed by atoms with E-state index in [2.05, 4.69) is 4.98 Å². The maximum absolute atomic E-state index is 12.1. The summed E-state index contributed by atoms with van der Waals surface area (Å²) in [6.45, 7) is 0. The molecule has 0 aromatic carbocycles. The van der Waals surface area contributed by atoms with Gasteiger partial charge in [0.2, 0.25) is 0 Å². The molecule has 0 spiro atoms. The van der Waals surface area contributed by atoms with E-state index in [9.17, 15) is 22.0 Å². The van der Waals surface area contributed by atoms with Crippen LogP contribution in [0.3, 0.4) is 0 Å². The van der Waals surface area contributed by atoms with Gasteiger partial charge in [-0.05, 0) is 0 Å². The third-order valence-corrected chi connectivity index (χ3v) is 1.56. The van der Waals surface area contributed by atoms with Crippen molar-refractivity contribution in [1.29, 1.82) is 0 Å². The van der Waals surface area contributed by atoms with Gasteiger partial charge >= 0.3 is 6.18 Å². The number of aromatic nitrogens is 1.